The molecule has 0 aliphatic heterocycles. The van der Waals surface area contributed by atoms with Crippen LogP contribution in [0.3, 0.4) is 0 Å². The van der Waals surface area contributed by atoms with Gasteiger partial charge in [-0.05, 0) is 61.9 Å². The quantitative estimate of drug-likeness (QED) is 0.302. The standard InChI is InChI=1S/C29H27NO/c1-22-8-16-26(17-9-22)30(27-18-10-23(2)11-19-27)28-20-13-24(14-21-28)12-15-25-6-4-5-7-29(25)31-3/h4-21H,1-3H3/b15-12+. The van der Waals surface area contributed by atoms with E-state index < -0.39 is 0 Å². The van der Waals surface area contributed by atoms with Gasteiger partial charge in [0.2, 0.25) is 0 Å². The van der Waals surface area contributed by atoms with Crippen molar-refractivity contribution in [3.63, 3.8) is 0 Å². The number of methoxy groups -OCH3 is 1. The van der Waals surface area contributed by atoms with Gasteiger partial charge in [0.1, 0.15) is 5.75 Å². The zero-order valence-electron chi connectivity index (χ0n) is 18.2. The summed E-state index contributed by atoms with van der Waals surface area (Å²) in [6.45, 7) is 4.23. The van der Waals surface area contributed by atoms with Gasteiger partial charge in [-0.25, -0.2) is 0 Å². The monoisotopic (exact) mass is 405 g/mol. The van der Waals surface area contributed by atoms with Crippen molar-refractivity contribution < 1.29 is 4.74 Å². The molecule has 4 aromatic carbocycles. The molecule has 4 rings (SSSR count). The summed E-state index contributed by atoms with van der Waals surface area (Å²) in [5.41, 5.74) is 8.13. The minimum atomic E-state index is 0.875. The van der Waals surface area contributed by atoms with Gasteiger partial charge in [0.15, 0.2) is 0 Å². The summed E-state index contributed by atoms with van der Waals surface area (Å²) >= 11 is 0. The molecule has 154 valence electrons. The molecule has 31 heavy (non-hydrogen) atoms. The SMILES string of the molecule is COc1ccccc1/C=C/c1ccc(N(c2ccc(C)cc2)c2ccc(C)cc2)cc1. The summed E-state index contributed by atoms with van der Waals surface area (Å²) in [5, 5.41) is 0. The van der Waals surface area contributed by atoms with E-state index in [0.29, 0.717) is 0 Å². The van der Waals surface area contributed by atoms with Crippen LogP contribution in [0.25, 0.3) is 12.2 Å². The predicted octanol–water partition coefficient (Wildman–Crippen LogP) is 7.95. The van der Waals surface area contributed by atoms with E-state index in [1.54, 1.807) is 7.11 Å². The van der Waals surface area contributed by atoms with Crippen LogP contribution in [-0.4, -0.2) is 7.11 Å². The van der Waals surface area contributed by atoms with Crippen molar-refractivity contribution in [3.8, 4) is 5.75 Å². The van der Waals surface area contributed by atoms with Crippen LogP contribution in [0.5, 0.6) is 5.75 Å². The number of hydrogen-bond acceptors (Lipinski definition) is 2. The Balaban J connectivity index is 1.65. The van der Waals surface area contributed by atoms with Crippen molar-refractivity contribution in [3.05, 3.63) is 119 Å². The highest BCUT2D eigenvalue weighted by atomic mass is 16.5. The number of ether oxygens (including phenoxy) is 1. The second-order valence-corrected chi connectivity index (χ2v) is 7.67. The molecule has 0 unspecified atom stereocenters. The van der Waals surface area contributed by atoms with Crippen molar-refractivity contribution in [2.75, 3.05) is 12.0 Å². The van der Waals surface area contributed by atoms with Gasteiger partial charge in [0.25, 0.3) is 0 Å². The number of anilines is 3. The fraction of sp³-hybridized carbons (Fsp3) is 0.103. The maximum Gasteiger partial charge on any atom is 0.126 e. The molecule has 0 saturated carbocycles. The minimum absolute atomic E-state index is 0.875. The highest BCUT2D eigenvalue weighted by molar-refractivity contribution is 5.78. The van der Waals surface area contributed by atoms with Gasteiger partial charge in [0.05, 0.1) is 7.11 Å². The average Bonchev–Trinajstić information content (AvgIpc) is 2.81. The molecule has 0 fully saturated rings. The van der Waals surface area contributed by atoms with E-state index in [9.17, 15) is 0 Å². The van der Waals surface area contributed by atoms with Gasteiger partial charge in [-0.1, -0.05) is 77.9 Å². The summed E-state index contributed by atoms with van der Waals surface area (Å²) in [6.07, 6.45) is 4.20. The molecule has 0 N–H and O–H groups in total. The van der Waals surface area contributed by atoms with Crippen molar-refractivity contribution in [1.82, 2.24) is 0 Å². The minimum Gasteiger partial charge on any atom is -0.496 e. The van der Waals surface area contributed by atoms with Crippen LogP contribution in [0.15, 0.2) is 97.1 Å². The van der Waals surface area contributed by atoms with Crippen LogP contribution in [-0.2, 0) is 0 Å². The Hall–Kier alpha value is -3.78. The molecule has 4 aromatic rings. The second kappa shape index (κ2) is 9.36. The van der Waals surface area contributed by atoms with Gasteiger partial charge in [-0.3, -0.25) is 0 Å². The first-order chi connectivity index (χ1) is 15.1. The third-order valence-corrected chi connectivity index (χ3v) is 5.33. The molecule has 0 saturated heterocycles. The first-order valence-electron chi connectivity index (χ1n) is 10.5. The lowest BCUT2D eigenvalue weighted by Crippen LogP contribution is -2.09. The molecule has 0 amide bonds. The van der Waals surface area contributed by atoms with E-state index in [-0.39, 0.29) is 0 Å². The largest absolute Gasteiger partial charge is 0.496 e. The number of benzene rings is 4. The Morgan fingerprint density at radius 3 is 1.58 bits per heavy atom. The van der Waals surface area contributed by atoms with Gasteiger partial charge in [-0.15, -0.1) is 0 Å². The Bertz CT molecular complexity index is 1110. The summed E-state index contributed by atoms with van der Waals surface area (Å²) in [6, 6.07) is 34.0. The molecule has 0 heterocycles. The Labute approximate surface area is 185 Å². The lowest BCUT2D eigenvalue weighted by atomic mass is 10.1. The zero-order chi connectivity index (χ0) is 21.6. The molecular weight excluding hydrogens is 378 g/mol. The van der Waals surface area contributed by atoms with Crippen LogP contribution in [0.4, 0.5) is 17.1 Å². The van der Waals surface area contributed by atoms with Crippen LogP contribution >= 0.6 is 0 Å². The van der Waals surface area contributed by atoms with E-state index in [4.69, 9.17) is 4.74 Å². The van der Waals surface area contributed by atoms with Gasteiger partial charge < -0.3 is 9.64 Å². The Kier molecular flexibility index (Phi) is 6.18. The smallest absolute Gasteiger partial charge is 0.126 e. The molecule has 2 nitrogen and oxygen atoms in total. The molecule has 2 heteroatoms. The molecule has 0 spiro atoms. The lowest BCUT2D eigenvalue weighted by Gasteiger charge is -2.25. The molecule has 0 aliphatic carbocycles. The average molecular weight is 406 g/mol. The molecule has 0 atom stereocenters. The van der Waals surface area contributed by atoms with Crippen molar-refractivity contribution in [2.24, 2.45) is 0 Å². The van der Waals surface area contributed by atoms with E-state index in [1.165, 1.54) is 11.1 Å². The Morgan fingerprint density at radius 1 is 0.581 bits per heavy atom. The van der Waals surface area contributed by atoms with E-state index in [0.717, 1.165) is 33.9 Å². The van der Waals surface area contributed by atoms with E-state index in [2.05, 4.69) is 110 Å². The lowest BCUT2D eigenvalue weighted by molar-refractivity contribution is 0.414. The molecule has 0 aromatic heterocycles. The number of para-hydroxylation sites is 1. The highest BCUT2D eigenvalue weighted by Gasteiger charge is 2.12. The molecular formula is C29H27NO. The van der Waals surface area contributed by atoms with Gasteiger partial charge >= 0.3 is 0 Å². The maximum absolute atomic E-state index is 5.44. The van der Waals surface area contributed by atoms with Crippen molar-refractivity contribution in [2.45, 2.75) is 13.8 Å². The third kappa shape index (κ3) is 4.87. The van der Waals surface area contributed by atoms with Crippen LogP contribution in [0.1, 0.15) is 22.3 Å². The summed E-state index contributed by atoms with van der Waals surface area (Å²) < 4.78 is 5.44. The number of aryl methyl sites for hydroxylation is 2. The van der Waals surface area contributed by atoms with Gasteiger partial charge in [-0.2, -0.15) is 0 Å². The van der Waals surface area contributed by atoms with Crippen molar-refractivity contribution >= 4 is 29.2 Å². The summed E-state index contributed by atoms with van der Waals surface area (Å²) in [5.74, 6) is 0.875. The van der Waals surface area contributed by atoms with Crippen LogP contribution in [0.2, 0.25) is 0 Å². The topological polar surface area (TPSA) is 12.5 Å². The fourth-order valence-corrected chi connectivity index (χ4v) is 3.56. The highest BCUT2D eigenvalue weighted by Crippen LogP contribution is 2.35. The van der Waals surface area contributed by atoms with E-state index in [1.807, 2.05) is 18.2 Å². The van der Waals surface area contributed by atoms with Crippen LogP contribution in [0, 0.1) is 13.8 Å². The molecule has 0 radical (unpaired) electrons. The normalized spacial score (nSPS) is 10.9. The first kappa shape index (κ1) is 20.5. The summed E-state index contributed by atoms with van der Waals surface area (Å²) in [7, 11) is 1.70. The fourth-order valence-electron chi connectivity index (χ4n) is 3.56. The second-order valence-electron chi connectivity index (χ2n) is 7.67. The van der Waals surface area contributed by atoms with E-state index >= 15 is 0 Å². The Morgan fingerprint density at radius 2 is 1.06 bits per heavy atom. The van der Waals surface area contributed by atoms with Gasteiger partial charge in [0, 0.05) is 22.6 Å². The van der Waals surface area contributed by atoms with Crippen molar-refractivity contribution in [1.29, 1.82) is 0 Å². The van der Waals surface area contributed by atoms with Crippen LogP contribution < -0.4 is 9.64 Å². The summed E-state index contributed by atoms with van der Waals surface area (Å²) in [4.78, 5) is 2.28. The first-order valence-corrected chi connectivity index (χ1v) is 10.5. The molecule has 0 aliphatic rings. The third-order valence-electron chi connectivity index (χ3n) is 5.33. The maximum atomic E-state index is 5.44. The predicted molar refractivity (Wildman–Crippen MR) is 133 cm³/mol. The number of rotatable bonds is 6. The zero-order valence-corrected chi connectivity index (χ0v) is 18.2. The molecule has 0 bridgehead atoms. The number of nitrogens with zero attached hydrogens (tertiary/aromatic N) is 1. The number of hydrogen-bond donors (Lipinski definition) is 0.